The van der Waals surface area contributed by atoms with Gasteiger partial charge in [-0.15, -0.1) is 0 Å². The molecule has 0 radical (unpaired) electrons. The number of likely N-dealkylation sites (tertiary alicyclic amines) is 1. The zero-order chi connectivity index (χ0) is 13.0. The Bertz CT molecular complexity index is 385. The Kier molecular flexibility index (Phi) is 4.37. The fourth-order valence-corrected chi connectivity index (χ4v) is 2.46. The standard InChI is InChI=1S/C15H21NO2/c1-12(7-8-13-5-3-2-4-6-13)9-16-10-14(11-16)15(17)18/h2-6,12,14H,7-11H2,1H3,(H,17,18). The van der Waals surface area contributed by atoms with Gasteiger partial charge in [-0.05, 0) is 24.3 Å². The second-order valence-electron chi connectivity index (χ2n) is 5.38. The van der Waals surface area contributed by atoms with Crippen molar-refractivity contribution in [1.82, 2.24) is 4.90 Å². The molecule has 2 rings (SSSR count). The van der Waals surface area contributed by atoms with Crippen LogP contribution < -0.4 is 0 Å². The first kappa shape index (κ1) is 13.1. The first-order valence-corrected chi connectivity index (χ1v) is 6.64. The monoisotopic (exact) mass is 247 g/mol. The van der Waals surface area contributed by atoms with E-state index in [2.05, 4.69) is 36.1 Å². The summed E-state index contributed by atoms with van der Waals surface area (Å²) >= 11 is 0. The largest absolute Gasteiger partial charge is 0.481 e. The lowest BCUT2D eigenvalue weighted by Crippen LogP contribution is -2.51. The van der Waals surface area contributed by atoms with Crippen molar-refractivity contribution in [2.45, 2.75) is 19.8 Å². The van der Waals surface area contributed by atoms with Crippen molar-refractivity contribution in [3.8, 4) is 0 Å². The number of hydrogen-bond donors (Lipinski definition) is 1. The summed E-state index contributed by atoms with van der Waals surface area (Å²) in [7, 11) is 0. The second-order valence-corrected chi connectivity index (χ2v) is 5.38. The Labute approximate surface area is 108 Å². The van der Waals surface area contributed by atoms with E-state index in [-0.39, 0.29) is 5.92 Å². The maximum Gasteiger partial charge on any atom is 0.309 e. The highest BCUT2D eigenvalue weighted by Gasteiger charge is 2.32. The molecule has 3 nitrogen and oxygen atoms in total. The molecule has 3 heteroatoms. The minimum absolute atomic E-state index is 0.133. The van der Waals surface area contributed by atoms with Crippen LogP contribution in [0.1, 0.15) is 18.9 Å². The molecule has 1 heterocycles. The predicted octanol–water partition coefficient (Wildman–Crippen LogP) is 2.27. The van der Waals surface area contributed by atoms with Crippen LogP contribution >= 0.6 is 0 Å². The van der Waals surface area contributed by atoms with Gasteiger partial charge in [0, 0.05) is 19.6 Å². The number of aliphatic carboxylic acids is 1. The van der Waals surface area contributed by atoms with Crippen molar-refractivity contribution in [3.63, 3.8) is 0 Å². The molecule has 1 N–H and O–H groups in total. The van der Waals surface area contributed by atoms with Gasteiger partial charge in [0.15, 0.2) is 0 Å². The van der Waals surface area contributed by atoms with Crippen LogP contribution in [0.25, 0.3) is 0 Å². The summed E-state index contributed by atoms with van der Waals surface area (Å²) in [5.41, 5.74) is 1.39. The first-order chi connectivity index (χ1) is 8.65. The number of carbonyl (C=O) groups is 1. The van der Waals surface area contributed by atoms with Crippen LogP contribution in [0.4, 0.5) is 0 Å². The molecule has 0 aromatic heterocycles. The fraction of sp³-hybridized carbons (Fsp3) is 0.533. The smallest absolute Gasteiger partial charge is 0.309 e. The SMILES string of the molecule is CC(CCc1ccccc1)CN1CC(C(=O)O)C1. The Balaban J connectivity index is 1.65. The maximum absolute atomic E-state index is 10.7. The molecular formula is C15H21NO2. The molecule has 18 heavy (non-hydrogen) atoms. The van der Waals surface area contributed by atoms with Gasteiger partial charge in [-0.2, -0.15) is 0 Å². The van der Waals surface area contributed by atoms with E-state index in [9.17, 15) is 4.79 Å². The molecule has 98 valence electrons. The summed E-state index contributed by atoms with van der Waals surface area (Å²) in [6.07, 6.45) is 2.27. The van der Waals surface area contributed by atoms with Crippen molar-refractivity contribution < 1.29 is 9.90 Å². The van der Waals surface area contributed by atoms with Crippen LogP contribution in [0.5, 0.6) is 0 Å². The van der Waals surface area contributed by atoms with Gasteiger partial charge >= 0.3 is 5.97 Å². The van der Waals surface area contributed by atoms with Crippen LogP contribution in [-0.2, 0) is 11.2 Å². The molecule has 1 aromatic carbocycles. The van der Waals surface area contributed by atoms with Gasteiger partial charge in [-0.3, -0.25) is 4.79 Å². The van der Waals surface area contributed by atoms with Gasteiger partial charge in [-0.25, -0.2) is 0 Å². The zero-order valence-corrected chi connectivity index (χ0v) is 10.9. The van der Waals surface area contributed by atoms with Gasteiger partial charge in [-0.1, -0.05) is 37.3 Å². The third-order valence-corrected chi connectivity index (χ3v) is 3.64. The molecule has 1 atom stereocenters. The number of carboxylic acid groups (broad SMARTS) is 1. The number of carboxylic acids is 1. The molecule has 1 aliphatic heterocycles. The van der Waals surface area contributed by atoms with Crippen molar-refractivity contribution in [1.29, 1.82) is 0 Å². The molecule has 0 saturated carbocycles. The topological polar surface area (TPSA) is 40.5 Å². The minimum Gasteiger partial charge on any atom is -0.481 e. The van der Waals surface area contributed by atoms with E-state index in [0.29, 0.717) is 5.92 Å². The summed E-state index contributed by atoms with van der Waals surface area (Å²) < 4.78 is 0. The molecule has 1 fully saturated rings. The normalized spacial score (nSPS) is 18.3. The van der Waals surface area contributed by atoms with Gasteiger partial charge in [0.05, 0.1) is 5.92 Å². The Hall–Kier alpha value is -1.35. The van der Waals surface area contributed by atoms with Gasteiger partial charge in [0.25, 0.3) is 0 Å². The van der Waals surface area contributed by atoms with E-state index < -0.39 is 5.97 Å². The summed E-state index contributed by atoms with van der Waals surface area (Å²) in [4.78, 5) is 12.9. The van der Waals surface area contributed by atoms with Crippen molar-refractivity contribution in [2.24, 2.45) is 11.8 Å². The molecule has 1 saturated heterocycles. The fourth-order valence-electron chi connectivity index (χ4n) is 2.46. The van der Waals surface area contributed by atoms with Crippen LogP contribution in [-0.4, -0.2) is 35.6 Å². The third-order valence-electron chi connectivity index (χ3n) is 3.64. The highest BCUT2D eigenvalue weighted by molar-refractivity contribution is 5.71. The summed E-state index contributed by atoms with van der Waals surface area (Å²) in [5, 5.41) is 8.81. The van der Waals surface area contributed by atoms with Gasteiger partial charge in [0.1, 0.15) is 0 Å². The number of nitrogens with zero attached hydrogens (tertiary/aromatic N) is 1. The molecule has 1 aromatic rings. The third kappa shape index (κ3) is 3.57. The van der Waals surface area contributed by atoms with Gasteiger partial charge in [0.2, 0.25) is 0 Å². The molecular weight excluding hydrogens is 226 g/mol. The Morgan fingerprint density at radius 2 is 2.06 bits per heavy atom. The number of aryl methyl sites for hydroxylation is 1. The summed E-state index contributed by atoms with van der Waals surface area (Å²) in [5.74, 6) is -0.158. The van der Waals surface area contributed by atoms with Crippen LogP contribution in [0.2, 0.25) is 0 Å². The number of rotatable bonds is 6. The van der Waals surface area contributed by atoms with E-state index >= 15 is 0 Å². The second kappa shape index (κ2) is 6.01. The van der Waals surface area contributed by atoms with E-state index in [1.807, 2.05) is 6.07 Å². The molecule has 0 aliphatic carbocycles. The molecule has 1 aliphatic rings. The predicted molar refractivity (Wildman–Crippen MR) is 71.5 cm³/mol. The van der Waals surface area contributed by atoms with E-state index in [1.165, 1.54) is 5.56 Å². The van der Waals surface area contributed by atoms with E-state index in [1.54, 1.807) is 0 Å². The van der Waals surface area contributed by atoms with Crippen molar-refractivity contribution in [2.75, 3.05) is 19.6 Å². The quantitative estimate of drug-likeness (QED) is 0.838. The highest BCUT2D eigenvalue weighted by atomic mass is 16.4. The number of benzene rings is 1. The lowest BCUT2D eigenvalue weighted by Gasteiger charge is -2.38. The minimum atomic E-state index is -0.650. The molecule has 1 unspecified atom stereocenters. The average Bonchev–Trinajstić information content (AvgIpc) is 2.31. The van der Waals surface area contributed by atoms with E-state index in [0.717, 1.165) is 32.5 Å². The van der Waals surface area contributed by atoms with Gasteiger partial charge < -0.3 is 10.0 Å². The summed E-state index contributed by atoms with van der Waals surface area (Å²) in [6.45, 7) is 4.73. The van der Waals surface area contributed by atoms with Crippen LogP contribution in [0, 0.1) is 11.8 Å². The molecule has 0 amide bonds. The van der Waals surface area contributed by atoms with Crippen LogP contribution in [0.3, 0.4) is 0 Å². The molecule has 0 bridgehead atoms. The lowest BCUT2D eigenvalue weighted by molar-refractivity contribution is -0.147. The summed E-state index contributed by atoms with van der Waals surface area (Å²) in [6, 6.07) is 10.5. The first-order valence-electron chi connectivity index (χ1n) is 6.64. The maximum atomic E-state index is 10.7. The van der Waals surface area contributed by atoms with E-state index in [4.69, 9.17) is 5.11 Å². The van der Waals surface area contributed by atoms with Crippen molar-refractivity contribution >= 4 is 5.97 Å². The Morgan fingerprint density at radius 3 is 2.67 bits per heavy atom. The zero-order valence-electron chi connectivity index (χ0n) is 10.9. The van der Waals surface area contributed by atoms with Crippen LogP contribution in [0.15, 0.2) is 30.3 Å². The Morgan fingerprint density at radius 1 is 1.39 bits per heavy atom. The van der Waals surface area contributed by atoms with Crippen molar-refractivity contribution in [3.05, 3.63) is 35.9 Å². The highest BCUT2D eigenvalue weighted by Crippen LogP contribution is 2.19. The number of hydrogen-bond acceptors (Lipinski definition) is 2. The lowest BCUT2D eigenvalue weighted by atomic mass is 9.95. The average molecular weight is 247 g/mol. The molecule has 0 spiro atoms.